The maximum atomic E-state index is 4.50. The second-order valence-corrected chi connectivity index (χ2v) is 4.73. The molecule has 0 saturated carbocycles. The van der Waals surface area contributed by atoms with Crippen LogP contribution in [0.1, 0.15) is 5.56 Å². The van der Waals surface area contributed by atoms with E-state index in [1.54, 1.807) is 4.52 Å². The smallest absolute Gasteiger partial charge is 0.182 e. The van der Waals surface area contributed by atoms with Gasteiger partial charge in [0.15, 0.2) is 11.5 Å². The first kappa shape index (κ1) is 10.5. The Kier molecular flexibility index (Phi) is 2.44. The number of pyridine rings is 1. The van der Waals surface area contributed by atoms with Gasteiger partial charge in [-0.1, -0.05) is 35.9 Å². The fourth-order valence-electron chi connectivity index (χ4n) is 1.70. The summed E-state index contributed by atoms with van der Waals surface area (Å²) in [7, 11) is 0. The number of aromatic nitrogens is 3. The van der Waals surface area contributed by atoms with Crippen LogP contribution in [-0.4, -0.2) is 14.6 Å². The van der Waals surface area contributed by atoms with Gasteiger partial charge in [-0.25, -0.2) is 9.50 Å². The van der Waals surface area contributed by atoms with E-state index >= 15 is 0 Å². The number of nitrogens with zero attached hydrogens (tertiary/aromatic N) is 3. The lowest BCUT2D eigenvalue weighted by Crippen LogP contribution is -1.88. The molecule has 1 aromatic carbocycles. The van der Waals surface area contributed by atoms with Gasteiger partial charge in [-0.15, -0.1) is 5.10 Å². The third-order valence-electron chi connectivity index (χ3n) is 2.62. The maximum absolute atomic E-state index is 4.50. The molecule has 4 heteroatoms. The van der Waals surface area contributed by atoms with Gasteiger partial charge in [0.05, 0.1) is 0 Å². The molecule has 0 aliphatic rings. The Morgan fingerprint density at radius 1 is 1.06 bits per heavy atom. The molecule has 0 spiro atoms. The fourth-order valence-corrected chi connectivity index (χ4v) is 2.11. The van der Waals surface area contributed by atoms with Crippen molar-refractivity contribution in [3.63, 3.8) is 0 Å². The van der Waals surface area contributed by atoms with Crippen molar-refractivity contribution in [2.75, 3.05) is 0 Å². The van der Waals surface area contributed by atoms with Crippen LogP contribution in [0.2, 0.25) is 0 Å². The Labute approximate surface area is 107 Å². The minimum absolute atomic E-state index is 0.747. The molecule has 0 saturated heterocycles. The van der Waals surface area contributed by atoms with Gasteiger partial charge in [0.25, 0.3) is 0 Å². The summed E-state index contributed by atoms with van der Waals surface area (Å²) in [5, 5.41) is 4.47. The van der Waals surface area contributed by atoms with Crippen LogP contribution in [0.5, 0.6) is 0 Å². The Balaban J connectivity index is 2.18. The second kappa shape index (κ2) is 3.96. The minimum atomic E-state index is 0.747. The van der Waals surface area contributed by atoms with E-state index in [0.717, 1.165) is 21.6 Å². The lowest BCUT2D eigenvalue weighted by Gasteiger charge is -1.95. The highest BCUT2D eigenvalue weighted by atomic mass is 79.9. The average Bonchev–Trinajstić information content (AvgIpc) is 2.75. The summed E-state index contributed by atoms with van der Waals surface area (Å²) >= 11 is 3.45. The SMILES string of the molecule is Cc1ccc(-c2nc3cccc(Br)n3n2)cc1. The standard InChI is InChI=1S/C13H10BrN3/c1-9-5-7-10(8-6-9)13-15-12-4-2-3-11(14)17(12)16-13/h2-8H,1H3. The van der Waals surface area contributed by atoms with Crippen LogP contribution in [0.15, 0.2) is 47.1 Å². The summed E-state index contributed by atoms with van der Waals surface area (Å²) < 4.78 is 2.69. The molecule has 84 valence electrons. The van der Waals surface area contributed by atoms with Crippen LogP contribution in [0.3, 0.4) is 0 Å². The number of rotatable bonds is 1. The average molecular weight is 288 g/mol. The Bertz CT molecular complexity index is 671. The van der Waals surface area contributed by atoms with Gasteiger partial charge < -0.3 is 0 Å². The van der Waals surface area contributed by atoms with Crippen molar-refractivity contribution in [3.05, 3.63) is 52.6 Å². The molecular formula is C13H10BrN3. The minimum Gasteiger partial charge on any atom is -0.207 e. The molecule has 0 amide bonds. The number of hydrogen-bond donors (Lipinski definition) is 0. The highest BCUT2D eigenvalue weighted by Crippen LogP contribution is 2.19. The number of aryl methyl sites for hydroxylation is 1. The highest BCUT2D eigenvalue weighted by molar-refractivity contribution is 9.10. The molecule has 2 aromatic heterocycles. The Morgan fingerprint density at radius 3 is 2.53 bits per heavy atom. The van der Waals surface area contributed by atoms with Gasteiger partial charge in [-0.2, -0.15) is 0 Å². The Morgan fingerprint density at radius 2 is 1.82 bits per heavy atom. The first-order valence-corrected chi connectivity index (χ1v) is 6.12. The zero-order valence-corrected chi connectivity index (χ0v) is 10.8. The summed E-state index contributed by atoms with van der Waals surface area (Å²) in [6.07, 6.45) is 0. The lowest BCUT2D eigenvalue weighted by atomic mass is 10.1. The Hall–Kier alpha value is -1.68. The van der Waals surface area contributed by atoms with Crippen molar-refractivity contribution in [3.8, 4) is 11.4 Å². The molecule has 0 atom stereocenters. The molecule has 0 aliphatic heterocycles. The van der Waals surface area contributed by atoms with E-state index in [0.29, 0.717) is 0 Å². The van der Waals surface area contributed by atoms with Crippen molar-refractivity contribution < 1.29 is 0 Å². The molecule has 17 heavy (non-hydrogen) atoms. The zero-order valence-electron chi connectivity index (χ0n) is 9.26. The van der Waals surface area contributed by atoms with Crippen molar-refractivity contribution in [1.29, 1.82) is 0 Å². The number of hydrogen-bond acceptors (Lipinski definition) is 2. The van der Waals surface area contributed by atoms with Crippen LogP contribution in [0.4, 0.5) is 0 Å². The maximum Gasteiger partial charge on any atom is 0.182 e. The van der Waals surface area contributed by atoms with E-state index in [1.807, 2.05) is 30.3 Å². The summed E-state index contributed by atoms with van der Waals surface area (Å²) in [5.41, 5.74) is 3.11. The first-order valence-electron chi connectivity index (χ1n) is 5.32. The highest BCUT2D eigenvalue weighted by Gasteiger charge is 2.07. The molecule has 3 nitrogen and oxygen atoms in total. The van der Waals surface area contributed by atoms with Gasteiger partial charge in [-0.3, -0.25) is 0 Å². The fraction of sp³-hybridized carbons (Fsp3) is 0.0769. The van der Waals surface area contributed by atoms with Crippen molar-refractivity contribution in [1.82, 2.24) is 14.6 Å². The molecule has 0 aliphatic carbocycles. The predicted molar refractivity (Wildman–Crippen MR) is 70.9 cm³/mol. The second-order valence-electron chi connectivity index (χ2n) is 3.92. The van der Waals surface area contributed by atoms with Crippen LogP contribution in [0, 0.1) is 6.92 Å². The third-order valence-corrected chi connectivity index (χ3v) is 3.22. The summed E-state index contributed by atoms with van der Waals surface area (Å²) in [6, 6.07) is 14.0. The van der Waals surface area contributed by atoms with Crippen LogP contribution < -0.4 is 0 Å². The lowest BCUT2D eigenvalue weighted by molar-refractivity contribution is 0.940. The number of benzene rings is 1. The van der Waals surface area contributed by atoms with E-state index in [-0.39, 0.29) is 0 Å². The van der Waals surface area contributed by atoms with Crippen LogP contribution in [-0.2, 0) is 0 Å². The monoisotopic (exact) mass is 287 g/mol. The van der Waals surface area contributed by atoms with Gasteiger partial charge in [0.2, 0.25) is 0 Å². The summed E-state index contributed by atoms with van der Waals surface area (Å²) in [6.45, 7) is 2.07. The molecule has 3 rings (SSSR count). The van der Waals surface area contributed by atoms with Crippen molar-refractivity contribution in [2.24, 2.45) is 0 Å². The van der Waals surface area contributed by atoms with E-state index in [1.165, 1.54) is 5.56 Å². The van der Waals surface area contributed by atoms with Crippen molar-refractivity contribution >= 4 is 21.6 Å². The largest absolute Gasteiger partial charge is 0.207 e. The quantitative estimate of drug-likeness (QED) is 0.642. The van der Waals surface area contributed by atoms with E-state index < -0.39 is 0 Å². The first-order chi connectivity index (χ1) is 8.24. The topological polar surface area (TPSA) is 30.2 Å². The van der Waals surface area contributed by atoms with Crippen LogP contribution >= 0.6 is 15.9 Å². The third kappa shape index (κ3) is 1.85. The van der Waals surface area contributed by atoms with E-state index in [4.69, 9.17) is 0 Å². The van der Waals surface area contributed by atoms with Gasteiger partial charge in [0.1, 0.15) is 4.60 Å². The van der Waals surface area contributed by atoms with Gasteiger partial charge >= 0.3 is 0 Å². The molecular weight excluding hydrogens is 278 g/mol. The summed E-state index contributed by atoms with van der Waals surface area (Å²) in [4.78, 5) is 4.50. The molecule has 0 unspecified atom stereocenters. The van der Waals surface area contributed by atoms with Gasteiger partial charge in [-0.05, 0) is 35.0 Å². The van der Waals surface area contributed by atoms with Gasteiger partial charge in [0, 0.05) is 5.56 Å². The zero-order chi connectivity index (χ0) is 11.8. The van der Waals surface area contributed by atoms with Crippen molar-refractivity contribution in [2.45, 2.75) is 6.92 Å². The molecule has 0 fully saturated rings. The van der Waals surface area contributed by atoms with E-state index in [2.05, 4.69) is 45.1 Å². The molecule has 0 N–H and O–H groups in total. The molecule has 3 aromatic rings. The normalized spacial score (nSPS) is 10.9. The number of halogens is 1. The molecule has 0 bridgehead atoms. The van der Waals surface area contributed by atoms with Crippen LogP contribution in [0.25, 0.3) is 17.0 Å². The molecule has 2 heterocycles. The summed E-state index contributed by atoms with van der Waals surface area (Å²) in [5.74, 6) is 0.747. The van der Waals surface area contributed by atoms with E-state index in [9.17, 15) is 0 Å². The molecule has 0 radical (unpaired) electrons. The number of fused-ring (bicyclic) bond motifs is 1. The predicted octanol–water partition coefficient (Wildman–Crippen LogP) is 3.47.